The fourth-order valence-electron chi connectivity index (χ4n) is 3.63. The van der Waals surface area contributed by atoms with Gasteiger partial charge in [-0.15, -0.1) is 0 Å². The third-order valence-electron chi connectivity index (χ3n) is 4.95. The molecule has 0 spiro atoms. The second-order valence-electron chi connectivity index (χ2n) is 6.34. The quantitative estimate of drug-likeness (QED) is 0.583. The summed E-state index contributed by atoms with van der Waals surface area (Å²) in [6.07, 6.45) is 4.20. The van der Waals surface area contributed by atoms with Crippen LogP contribution >= 0.6 is 22.6 Å². The molecule has 2 heterocycles. The van der Waals surface area contributed by atoms with E-state index in [4.69, 9.17) is 0 Å². The molecule has 1 saturated heterocycles. The van der Waals surface area contributed by atoms with Crippen LogP contribution in [-0.4, -0.2) is 28.9 Å². The second kappa shape index (κ2) is 6.59. The molecule has 0 atom stereocenters. The Morgan fingerprint density at radius 2 is 1.75 bits per heavy atom. The minimum atomic E-state index is 0.164. The number of nitrogens with zero attached hydrogens (tertiary/aromatic N) is 1. The third kappa shape index (κ3) is 2.83. The van der Waals surface area contributed by atoms with Crippen molar-refractivity contribution in [2.45, 2.75) is 18.8 Å². The van der Waals surface area contributed by atoms with E-state index >= 15 is 0 Å². The van der Waals surface area contributed by atoms with Gasteiger partial charge in [0.15, 0.2) is 0 Å². The highest BCUT2D eigenvalue weighted by Crippen LogP contribution is 2.33. The highest BCUT2D eigenvalue weighted by atomic mass is 127. The van der Waals surface area contributed by atoms with Crippen LogP contribution in [0.3, 0.4) is 0 Å². The predicted octanol–water partition coefficient (Wildman–Crippen LogP) is 4.79. The number of fused-ring (bicyclic) bond motifs is 1. The molecule has 3 nitrogen and oxygen atoms in total. The molecular formula is C20H19IN2O. The lowest BCUT2D eigenvalue weighted by Gasteiger charge is -2.32. The average Bonchev–Trinajstić information content (AvgIpc) is 3.06. The number of carbonyl (C=O) groups is 1. The SMILES string of the molecule is O=C(c1ccccc1I)N1CCC(c2c[nH]c3ccccc23)CC1. The van der Waals surface area contributed by atoms with Crippen molar-refractivity contribution in [2.24, 2.45) is 0 Å². The molecule has 1 aliphatic rings. The largest absolute Gasteiger partial charge is 0.361 e. The number of hydrogen-bond donors (Lipinski definition) is 1. The number of aromatic nitrogens is 1. The van der Waals surface area contributed by atoms with E-state index in [2.05, 4.69) is 58.0 Å². The van der Waals surface area contributed by atoms with Gasteiger partial charge in [0.05, 0.1) is 5.56 Å². The summed E-state index contributed by atoms with van der Waals surface area (Å²) < 4.78 is 1.03. The molecule has 1 aliphatic heterocycles. The third-order valence-corrected chi connectivity index (χ3v) is 5.89. The van der Waals surface area contributed by atoms with E-state index in [1.807, 2.05) is 29.2 Å². The van der Waals surface area contributed by atoms with Crippen LogP contribution in [0.4, 0.5) is 0 Å². The monoisotopic (exact) mass is 430 g/mol. The van der Waals surface area contributed by atoms with Crippen LogP contribution in [0, 0.1) is 3.57 Å². The molecule has 3 aromatic rings. The number of benzene rings is 2. The zero-order valence-electron chi connectivity index (χ0n) is 13.3. The number of amides is 1. The molecule has 0 unspecified atom stereocenters. The smallest absolute Gasteiger partial charge is 0.254 e. The topological polar surface area (TPSA) is 36.1 Å². The Morgan fingerprint density at radius 3 is 2.54 bits per heavy atom. The maximum absolute atomic E-state index is 12.7. The summed E-state index contributed by atoms with van der Waals surface area (Å²) >= 11 is 2.24. The van der Waals surface area contributed by atoms with Crippen molar-refractivity contribution >= 4 is 39.4 Å². The molecule has 1 N–H and O–H groups in total. The Bertz CT molecular complexity index is 878. The molecule has 2 aromatic carbocycles. The lowest BCUT2D eigenvalue weighted by Crippen LogP contribution is -2.38. The van der Waals surface area contributed by atoms with E-state index < -0.39 is 0 Å². The minimum absolute atomic E-state index is 0.164. The van der Waals surface area contributed by atoms with Crippen molar-refractivity contribution in [3.05, 3.63) is 69.4 Å². The van der Waals surface area contributed by atoms with E-state index in [0.29, 0.717) is 5.92 Å². The minimum Gasteiger partial charge on any atom is -0.361 e. The van der Waals surface area contributed by atoms with Crippen molar-refractivity contribution < 1.29 is 4.79 Å². The number of carbonyl (C=O) groups excluding carboxylic acids is 1. The van der Waals surface area contributed by atoms with Crippen LogP contribution in [0.1, 0.15) is 34.7 Å². The number of hydrogen-bond acceptors (Lipinski definition) is 1. The first-order valence-electron chi connectivity index (χ1n) is 8.34. The van der Waals surface area contributed by atoms with Crippen LogP contribution in [0.25, 0.3) is 10.9 Å². The van der Waals surface area contributed by atoms with E-state index in [0.717, 1.165) is 35.1 Å². The van der Waals surface area contributed by atoms with Crippen molar-refractivity contribution in [1.29, 1.82) is 0 Å². The number of nitrogens with one attached hydrogen (secondary N) is 1. The van der Waals surface area contributed by atoms with Crippen LogP contribution in [0.2, 0.25) is 0 Å². The lowest BCUT2D eigenvalue weighted by molar-refractivity contribution is 0.0712. The Labute approximate surface area is 155 Å². The highest BCUT2D eigenvalue weighted by molar-refractivity contribution is 14.1. The zero-order chi connectivity index (χ0) is 16.5. The number of rotatable bonds is 2. The highest BCUT2D eigenvalue weighted by Gasteiger charge is 2.26. The Hall–Kier alpha value is -1.82. The van der Waals surface area contributed by atoms with Crippen molar-refractivity contribution in [2.75, 3.05) is 13.1 Å². The first kappa shape index (κ1) is 15.7. The van der Waals surface area contributed by atoms with E-state index in [1.54, 1.807) is 0 Å². The fourth-order valence-corrected chi connectivity index (χ4v) is 4.25. The molecule has 1 aromatic heterocycles. The molecule has 4 heteroatoms. The zero-order valence-corrected chi connectivity index (χ0v) is 15.5. The van der Waals surface area contributed by atoms with Gasteiger partial charge in [-0.05, 0) is 65.1 Å². The van der Waals surface area contributed by atoms with Crippen LogP contribution in [0.5, 0.6) is 0 Å². The van der Waals surface area contributed by atoms with E-state index in [-0.39, 0.29) is 5.91 Å². The number of piperidine rings is 1. The van der Waals surface area contributed by atoms with Gasteiger partial charge in [-0.1, -0.05) is 30.3 Å². The lowest BCUT2D eigenvalue weighted by atomic mass is 9.89. The summed E-state index contributed by atoms with van der Waals surface area (Å²) in [6.45, 7) is 1.65. The first-order valence-corrected chi connectivity index (χ1v) is 9.42. The summed E-state index contributed by atoms with van der Waals surface area (Å²) in [4.78, 5) is 18.1. The molecular weight excluding hydrogens is 411 g/mol. The molecule has 0 aliphatic carbocycles. The van der Waals surface area contributed by atoms with Gasteiger partial charge in [-0.2, -0.15) is 0 Å². The molecule has 1 fully saturated rings. The maximum Gasteiger partial charge on any atom is 0.254 e. The molecule has 0 bridgehead atoms. The van der Waals surface area contributed by atoms with Crippen LogP contribution in [0.15, 0.2) is 54.7 Å². The first-order chi connectivity index (χ1) is 11.7. The van der Waals surface area contributed by atoms with Gasteiger partial charge in [0.2, 0.25) is 0 Å². The number of halogens is 1. The summed E-state index contributed by atoms with van der Waals surface area (Å²) in [5.74, 6) is 0.692. The molecule has 0 radical (unpaired) electrons. The van der Waals surface area contributed by atoms with Gasteiger partial charge >= 0.3 is 0 Å². The molecule has 122 valence electrons. The number of H-pyrrole nitrogens is 1. The predicted molar refractivity (Wildman–Crippen MR) is 105 cm³/mol. The van der Waals surface area contributed by atoms with E-state index in [9.17, 15) is 4.79 Å². The molecule has 24 heavy (non-hydrogen) atoms. The van der Waals surface area contributed by atoms with Crippen molar-refractivity contribution in [1.82, 2.24) is 9.88 Å². The van der Waals surface area contributed by atoms with Crippen LogP contribution in [-0.2, 0) is 0 Å². The van der Waals surface area contributed by atoms with Crippen molar-refractivity contribution in [3.63, 3.8) is 0 Å². The maximum atomic E-state index is 12.7. The van der Waals surface area contributed by atoms with Gasteiger partial charge < -0.3 is 9.88 Å². The number of likely N-dealkylation sites (tertiary alicyclic amines) is 1. The molecule has 4 rings (SSSR count). The fraction of sp³-hybridized carbons (Fsp3) is 0.250. The summed E-state index contributed by atoms with van der Waals surface area (Å²) in [7, 11) is 0. The summed E-state index contributed by atoms with van der Waals surface area (Å²) in [6, 6.07) is 16.3. The van der Waals surface area contributed by atoms with Crippen LogP contribution < -0.4 is 0 Å². The van der Waals surface area contributed by atoms with Gasteiger partial charge in [-0.3, -0.25) is 4.79 Å². The Balaban J connectivity index is 1.49. The summed E-state index contributed by atoms with van der Waals surface area (Å²) in [5, 5.41) is 1.32. The Kier molecular flexibility index (Phi) is 4.31. The standard InChI is InChI=1S/C20H19IN2O/c21-18-7-3-1-6-16(18)20(24)23-11-9-14(10-12-23)17-13-22-19-8-4-2-5-15(17)19/h1-8,13-14,22H,9-12H2. The number of aromatic amines is 1. The Morgan fingerprint density at radius 1 is 1.04 bits per heavy atom. The summed E-state index contributed by atoms with van der Waals surface area (Å²) in [5.41, 5.74) is 3.42. The van der Waals surface area contributed by atoms with Crippen molar-refractivity contribution in [3.8, 4) is 0 Å². The molecule has 1 amide bonds. The van der Waals surface area contributed by atoms with Gasteiger partial charge in [0.1, 0.15) is 0 Å². The molecule has 0 saturated carbocycles. The van der Waals surface area contributed by atoms with Gasteiger partial charge in [0.25, 0.3) is 5.91 Å². The van der Waals surface area contributed by atoms with Gasteiger partial charge in [-0.25, -0.2) is 0 Å². The average molecular weight is 430 g/mol. The second-order valence-corrected chi connectivity index (χ2v) is 7.50. The normalized spacial score (nSPS) is 15.8. The van der Waals surface area contributed by atoms with Gasteiger partial charge in [0, 0.05) is 33.8 Å². The number of para-hydroxylation sites is 1. The van der Waals surface area contributed by atoms with E-state index in [1.165, 1.54) is 16.5 Å².